The summed E-state index contributed by atoms with van der Waals surface area (Å²) in [5.74, 6) is -0.855. The van der Waals surface area contributed by atoms with E-state index in [1.807, 2.05) is 35.2 Å². The van der Waals surface area contributed by atoms with Gasteiger partial charge in [-0.2, -0.15) is 0 Å². The Hall–Kier alpha value is -2.08. The van der Waals surface area contributed by atoms with Crippen LogP contribution in [0.5, 0.6) is 0 Å². The molecule has 2 unspecified atom stereocenters. The van der Waals surface area contributed by atoms with Gasteiger partial charge in [0.05, 0.1) is 0 Å². The predicted octanol–water partition coefficient (Wildman–Crippen LogP) is 2.80. The largest absolute Gasteiger partial charge is 0.481 e. The number of hydrogen-bond donors (Lipinski definition) is 3. The van der Waals surface area contributed by atoms with Gasteiger partial charge >= 0.3 is 12.0 Å². The minimum absolute atomic E-state index is 0.0273. The molecule has 144 valence electrons. The van der Waals surface area contributed by atoms with E-state index in [4.69, 9.17) is 10.2 Å². The van der Waals surface area contributed by atoms with E-state index in [1.54, 1.807) is 0 Å². The number of hydrogen-bond acceptors (Lipinski definition) is 3. The molecule has 26 heavy (non-hydrogen) atoms. The Bertz CT molecular complexity index is 593. The molecule has 3 N–H and O–H groups in total. The zero-order valence-corrected chi connectivity index (χ0v) is 15.5. The van der Waals surface area contributed by atoms with Crippen molar-refractivity contribution in [2.75, 3.05) is 13.2 Å². The number of benzene rings is 1. The van der Waals surface area contributed by atoms with Gasteiger partial charge in [0.1, 0.15) is 0 Å². The van der Waals surface area contributed by atoms with Crippen molar-refractivity contribution in [3.05, 3.63) is 35.9 Å². The van der Waals surface area contributed by atoms with Crippen LogP contribution < -0.4 is 5.32 Å². The first-order chi connectivity index (χ1) is 12.4. The average molecular weight is 362 g/mol. The zero-order chi connectivity index (χ0) is 19.0. The van der Waals surface area contributed by atoms with Crippen molar-refractivity contribution in [1.29, 1.82) is 0 Å². The van der Waals surface area contributed by atoms with Crippen molar-refractivity contribution in [3.63, 3.8) is 0 Å². The lowest BCUT2D eigenvalue weighted by atomic mass is 9.93. The summed E-state index contributed by atoms with van der Waals surface area (Å²) in [5, 5.41) is 21.2. The smallest absolute Gasteiger partial charge is 0.318 e. The van der Waals surface area contributed by atoms with Crippen molar-refractivity contribution in [2.24, 2.45) is 0 Å². The first-order valence-electron chi connectivity index (χ1n) is 9.39. The Balaban J connectivity index is 2.03. The molecule has 1 aromatic carbocycles. The molecule has 1 aliphatic rings. The number of amides is 2. The second-order valence-electron chi connectivity index (χ2n) is 7.35. The molecule has 2 amide bonds. The van der Waals surface area contributed by atoms with Crippen LogP contribution in [0.3, 0.4) is 0 Å². The van der Waals surface area contributed by atoms with E-state index in [0.717, 1.165) is 24.8 Å². The van der Waals surface area contributed by atoms with Gasteiger partial charge in [0.2, 0.25) is 0 Å². The lowest BCUT2D eigenvalue weighted by molar-refractivity contribution is -0.137. The van der Waals surface area contributed by atoms with Gasteiger partial charge in [-0.3, -0.25) is 4.79 Å². The lowest BCUT2D eigenvalue weighted by Gasteiger charge is -2.36. The molecule has 1 aromatic rings. The highest BCUT2D eigenvalue weighted by atomic mass is 16.4. The average Bonchev–Trinajstić information content (AvgIpc) is 3.01. The molecule has 0 aliphatic carbocycles. The van der Waals surface area contributed by atoms with Crippen molar-refractivity contribution in [3.8, 4) is 0 Å². The standard InChI is InChI=1S/C20H30N2O4/c1-20(12-6-14-23)11-5-13-22(20)19(26)21-17(9-10-18(24)25)15-16-7-3-2-4-8-16/h2-4,7-8,17,23H,5-6,9-15H2,1H3,(H,21,26)(H,24,25). The number of aliphatic hydroxyl groups is 1. The molecular weight excluding hydrogens is 332 g/mol. The normalized spacial score (nSPS) is 20.8. The highest BCUT2D eigenvalue weighted by Crippen LogP contribution is 2.33. The molecule has 0 spiro atoms. The Kier molecular flexibility index (Phi) is 7.45. The maximum Gasteiger partial charge on any atom is 0.318 e. The molecule has 6 nitrogen and oxygen atoms in total. The number of aliphatic carboxylic acids is 1. The number of urea groups is 1. The number of carboxylic acid groups (broad SMARTS) is 1. The van der Waals surface area contributed by atoms with E-state index < -0.39 is 5.97 Å². The van der Waals surface area contributed by atoms with Gasteiger partial charge in [-0.25, -0.2) is 4.79 Å². The Morgan fingerprint density at radius 3 is 2.69 bits per heavy atom. The van der Waals surface area contributed by atoms with Crippen LogP contribution in [0, 0.1) is 0 Å². The summed E-state index contributed by atoms with van der Waals surface area (Å²) in [6, 6.07) is 9.45. The van der Waals surface area contributed by atoms with Crippen LogP contribution in [-0.4, -0.2) is 51.8 Å². The number of carbonyl (C=O) groups excluding carboxylic acids is 1. The first-order valence-corrected chi connectivity index (χ1v) is 9.39. The molecule has 0 saturated carbocycles. The number of likely N-dealkylation sites (tertiary alicyclic amines) is 1. The van der Waals surface area contributed by atoms with Crippen LogP contribution in [0.1, 0.15) is 51.0 Å². The maximum atomic E-state index is 12.9. The van der Waals surface area contributed by atoms with Crippen molar-refractivity contribution in [1.82, 2.24) is 10.2 Å². The van der Waals surface area contributed by atoms with Crippen LogP contribution in [0.4, 0.5) is 4.79 Å². The molecule has 0 bridgehead atoms. The SMILES string of the molecule is CC1(CCCO)CCCN1C(=O)NC(CCC(=O)O)Cc1ccccc1. The third kappa shape index (κ3) is 5.73. The Morgan fingerprint density at radius 2 is 2.04 bits per heavy atom. The molecule has 1 saturated heterocycles. The summed E-state index contributed by atoms with van der Waals surface area (Å²) in [4.78, 5) is 25.7. The van der Waals surface area contributed by atoms with Crippen LogP contribution in [0.15, 0.2) is 30.3 Å². The van der Waals surface area contributed by atoms with Crippen molar-refractivity contribution in [2.45, 2.75) is 63.5 Å². The fourth-order valence-corrected chi connectivity index (χ4v) is 3.76. The van der Waals surface area contributed by atoms with Gasteiger partial charge in [0, 0.05) is 31.2 Å². The van der Waals surface area contributed by atoms with E-state index in [9.17, 15) is 9.59 Å². The van der Waals surface area contributed by atoms with Gasteiger partial charge in [0.15, 0.2) is 0 Å². The molecule has 2 rings (SSSR count). The molecular formula is C20H30N2O4. The molecule has 1 heterocycles. The number of nitrogens with zero attached hydrogens (tertiary/aromatic N) is 1. The molecule has 0 radical (unpaired) electrons. The van der Waals surface area contributed by atoms with Gasteiger partial charge in [-0.05, 0) is 51.0 Å². The third-order valence-corrected chi connectivity index (χ3v) is 5.23. The van der Waals surface area contributed by atoms with Gasteiger partial charge in [-0.1, -0.05) is 30.3 Å². The number of carboxylic acids is 1. The van der Waals surface area contributed by atoms with Crippen LogP contribution in [0.2, 0.25) is 0 Å². The van der Waals surface area contributed by atoms with Gasteiger partial charge in [-0.15, -0.1) is 0 Å². The van der Waals surface area contributed by atoms with Crippen LogP contribution in [0.25, 0.3) is 0 Å². The minimum atomic E-state index is -0.855. The third-order valence-electron chi connectivity index (χ3n) is 5.23. The number of carbonyl (C=O) groups is 2. The molecule has 6 heteroatoms. The number of aliphatic hydroxyl groups excluding tert-OH is 1. The fraction of sp³-hybridized carbons (Fsp3) is 0.600. The van der Waals surface area contributed by atoms with E-state index >= 15 is 0 Å². The van der Waals surface area contributed by atoms with Gasteiger partial charge < -0.3 is 20.4 Å². The second-order valence-corrected chi connectivity index (χ2v) is 7.35. The van der Waals surface area contributed by atoms with Crippen molar-refractivity contribution >= 4 is 12.0 Å². The fourth-order valence-electron chi connectivity index (χ4n) is 3.76. The van der Waals surface area contributed by atoms with E-state index in [1.165, 1.54) is 0 Å². The van der Waals surface area contributed by atoms with E-state index in [0.29, 0.717) is 25.8 Å². The number of rotatable bonds is 9. The quantitative estimate of drug-likeness (QED) is 0.630. The molecule has 0 aromatic heterocycles. The highest BCUT2D eigenvalue weighted by molar-refractivity contribution is 5.76. The maximum absolute atomic E-state index is 12.9. The zero-order valence-electron chi connectivity index (χ0n) is 15.5. The van der Waals surface area contributed by atoms with E-state index in [-0.39, 0.29) is 30.6 Å². The van der Waals surface area contributed by atoms with Crippen molar-refractivity contribution < 1.29 is 19.8 Å². The molecule has 1 aliphatic heterocycles. The van der Waals surface area contributed by atoms with E-state index in [2.05, 4.69) is 12.2 Å². The summed E-state index contributed by atoms with van der Waals surface area (Å²) in [6.45, 7) is 2.89. The van der Waals surface area contributed by atoms with Crippen LogP contribution in [-0.2, 0) is 11.2 Å². The Morgan fingerprint density at radius 1 is 1.31 bits per heavy atom. The monoisotopic (exact) mass is 362 g/mol. The summed E-state index contributed by atoms with van der Waals surface area (Å²) < 4.78 is 0. The first kappa shape index (κ1) is 20.2. The number of nitrogens with one attached hydrogen (secondary N) is 1. The highest BCUT2D eigenvalue weighted by Gasteiger charge is 2.39. The topological polar surface area (TPSA) is 89.9 Å². The second kappa shape index (κ2) is 9.57. The summed E-state index contributed by atoms with van der Waals surface area (Å²) in [5.41, 5.74) is 0.837. The minimum Gasteiger partial charge on any atom is -0.481 e. The molecule has 1 fully saturated rings. The van der Waals surface area contributed by atoms with Gasteiger partial charge in [0.25, 0.3) is 0 Å². The van der Waals surface area contributed by atoms with Crippen LogP contribution >= 0.6 is 0 Å². The summed E-state index contributed by atoms with van der Waals surface area (Å²) in [7, 11) is 0. The Labute approximate surface area is 155 Å². The summed E-state index contributed by atoms with van der Waals surface area (Å²) >= 11 is 0. The summed E-state index contributed by atoms with van der Waals surface area (Å²) in [6.07, 6.45) is 4.37. The lowest BCUT2D eigenvalue weighted by Crippen LogP contribution is -2.52. The molecule has 2 atom stereocenters. The predicted molar refractivity (Wildman–Crippen MR) is 100 cm³/mol.